The maximum absolute atomic E-state index is 12.6. The van der Waals surface area contributed by atoms with E-state index in [1.807, 2.05) is 37.3 Å². The minimum Gasteiger partial charge on any atom is -0.325 e. The molecule has 1 aliphatic heterocycles. The number of carbonyl (C=O) groups is 2. The first-order valence-corrected chi connectivity index (χ1v) is 9.64. The Morgan fingerprint density at radius 1 is 1.24 bits per heavy atom. The van der Waals surface area contributed by atoms with Crippen LogP contribution in [0.25, 0.3) is 0 Å². The summed E-state index contributed by atoms with van der Waals surface area (Å²) >= 11 is 12.8. The monoisotopic (exact) mass is 484 g/mol. The van der Waals surface area contributed by atoms with Crippen molar-refractivity contribution in [3.8, 4) is 0 Å². The number of rotatable bonds is 3. The van der Waals surface area contributed by atoms with E-state index >= 15 is 0 Å². The van der Waals surface area contributed by atoms with E-state index in [-0.39, 0.29) is 18.2 Å². The molecule has 1 fully saturated rings. The van der Waals surface area contributed by atoms with Crippen LogP contribution in [0, 0.1) is 12.8 Å². The first-order valence-electron chi connectivity index (χ1n) is 7.67. The lowest BCUT2D eigenvalue weighted by Gasteiger charge is -2.17. The molecule has 0 radical (unpaired) electrons. The summed E-state index contributed by atoms with van der Waals surface area (Å²) in [4.78, 5) is 26.5. The second-order valence-electron chi connectivity index (χ2n) is 5.95. The summed E-state index contributed by atoms with van der Waals surface area (Å²) in [5.74, 6) is -0.611. The molecule has 2 amide bonds. The molecule has 1 saturated heterocycles. The Hall–Kier alpha value is -1.37. The Bertz CT molecular complexity index is 840. The summed E-state index contributed by atoms with van der Waals surface area (Å²) in [5.41, 5.74) is 2.36. The maximum Gasteiger partial charge on any atom is 0.229 e. The molecule has 0 bridgehead atoms. The van der Waals surface area contributed by atoms with Gasteiger partial charge in [-0.05, 0) is 64.8 Å². The lowest BCUT2D eigenvalue weighted by atomic mass is 10.1. The van der Waals surface area contributed by atoms with Crippen LogP contribution in [0.4, 0.5) is 11.4 Å². The second kappa shape index (κ2) is 7.48. The number of benzene rings is 2. The highest BCUT2D eigenvalue weighted by Crippen LogP contribution is 2.31. The van der Waals surface area contributed by atoms with Crippen LogP contribution in [-0.2, 0) is 9.59 Å². The number of amides is 2. The first-order chi connectivity index (χ1) is 11.8. The van der Waals surface area contributed by atoms with Gasteiger partial charge in [0.25, 0.3) is 0 Å². The Labute approximate surface area is 167 Å². The fourth-order valence-corrected chi connectivity index (χ4v) is 3.66. The number of aryl methyl sites for hydroxylation is 1. The number of hydrogen-bond donors (Lipinski definition) is 1. The number of nitrogens with zero attached hydrogens (tertiary/aromatic N) is 1. The quantitative estimate of drug-likeness (QED) is 0.651. The molecule has 25 heavy (non-hydrogen) atoms. The molecule has 0 saturated carbocycles. The van der Waals surface area contributed by atoms with E-state index in [4.69, 9.17) is 11.6 Å². The van der Waals surface area contributed by atoms with Gasteiger partial charge in [0, 0.05) is 33.3 Å². The smallest absolute Gasteiger partial charge is 0.229 e. The third-order valence-electron chi connectivity index (χ3n) is 4.16. The molecule has 1 aliphatic rings. The van der Waals surface area contributed by atoms with Gasteiger partial charge in [0.05, 0.1) is 10.9 Å². The zero-order chi connectivity index (χ0) is 18.1. The molecule has 130 valence electrons. The Kier molecular flexibility index (Phi) is 5.51. The van der Waals surface area contributed by atoms with Crippen LogP contribution in [0.3, 0.4) is 0 Å². The Morgan fingerprint density at radius 2 is 1.92 bits per heavy atom. The van der Waals surface area contributed by atoms with Gasteiger partial charge in [0.2, 0.25) is 11.8 Å². The van der Waals surface area contributed by atoms with E-state index in [2.05, 4.69) is 37.2 Å². The molecule has 1 heterocycles. The number of carbonyl (C=O) groups excluding carboxylic acids is 2. The summed E-state index contributed by atoms with van der Waals surface area (Å²) in [6, 6.07) is 11.0. The molecule has 0 spiro atoms. The molecular formula is C18H15Br2ClN2O2. The molecule has 1 N–H and O–H groups in total. The van der Waals surface area contributed by atoms with Crippen LogP contribution >= 0.6 is 43.5 Å². The fraction of sp³-hybridized carbons (Fsp3) is 0.222. The van der Waals surface area contributed by atoms with Crippen LogP contribution in [-0.4, -0.2) is 18.4 Å². The third kappa shape index (κ3) is 4.07. The van der Waals surface area contributed by atoms with Crippen LogP contribution in [0.1, 0.15) is 12.0 Å². The normalized spacial score (nSPS) is 17.0. The van der Waals surface area contributed by atoms with E-state index in [0.29, 0.717) is 17.3 Å². The van der Waals surface area contributed by atoms with Gasteiger partial charge in [-0.1, -0.05) is 27.5 Å². The van der Waals surface area contributed by atoms with Gasteiger partial charge < -0.3 is 10.2 Å². The molecule has 0 aliphatic carbocycles. The van der Waals surface area contributed by atoms with Gasteiger partial charge in [-0.15, -0.1) is 0 Å². The fourth-order valence-electron chi connectivity index (χ4n) is 2.77. The van der Waals surface area contributed by atoms with Gasteiger partial charge >= 0.3 is 0 Å². The average molecular weight is 487 g/mol. The summed E-state index contributed by atoms with van der Waals surface area (Å²) in [6.07, 6.45) is 0.200. The van der Waals surface area contributed by atoms with Crippen LogP contribution in [0.5, 0.6) is 0 Å². The van der Waals surface area contributed by atoms with E-state index < -0.39 is 5.92 Å². The first kappa shape index (κ1) is 18.4. The van der Waals surface area contributed by atoms with Crippen LogP contribution in [0.15, 0.2) is 45.3 Å². The molecule has 1 atom stereocenters. The summed E-state index contributed by atoms with van der Waals surface area (Å²) in [5, 5.41) is 3.42. The topological polar surface area (TPSA) is 49.4 Å². The van der Waals surface area contributed by atoms with Gasteiger partial charge in [-0.2, -0.15) is 0 Å². The van der Waals surface area contributed by atoms with Crippen molar-refractivity contribution in [2.75, 3.05) is 16.8 Å². The van der Waals surface area contributed by atoms with Crippen molar-refractivity contribution < 1.29 is 9.59 Å². The van der Waals surface area contributed by atoms with Gasteiger partial charge in [-0.25, -0.2) is 0 Å². The maximum atomic E-state index is 12.6. The summed E-state index contributed by atoms with van der Waals surface area (Å²) in [7, 11) is 0. The predicted molar refractivity (Wildman–Crippen MR) is 107 cm³/mol. The van der Waals surface area contributed by atoms with Crippen molar-refractivity contribution >= 4 is 66.6 Å². The highest BCUT2D eigenvalue weighted by molar-refractivity contribution is 9.10. The van der Waals surface area contributed by atoms with Crippen LogP contribution < -0.4 is 10.2 Å². The molecule has 3 rings (SSSR count). The predicted octanol–water partition coefficient (Wildman–Crippen LogP) is 5.17. The van der Waals surface area contributed by atoms with Crippen molar-refractivity contribution in [2.45, 2.75) is 13.3 Å². The largest absolute Gasteiger partial charge is 0.325 e. The summed E-state index contributed by atoms with van der Waals surface area (Å²) < 4.78 is 1.72. The Balaban J connectivity index is 1.73. The molecule has 0 unspecified atom stereocenters. The van der Waals surface area contributed by atoms with E-state index in [0.717, 1.165) is 20.2 Å². The number of hydrogen-bond acceptors (Lipinski definition) is 2. The van der Waals surface area contributed by atoms with Crippen molar-refractivity contribution in [1.82, 2.24) is 0 Å². The highest BCUT2D eigenvalue weighted by Gasteiger charge is 2.35. The molecular weight excluding hydrogens is 471 g/mol. The molecule has 0 aromatic heterocycles. The van der Waals surface area contributed by atoms with Crippen molar-refractivity contribution in [3.63, 3.8) is 0 Å². The van der Waals surface area contributed by atoms with E-state index in [1.165, 1.54) is 0 Å². The Morgan fingerprint density at radius 3 is 2.60 bits per heavy atom. The standard InChI is InChI=1S/C18H15Br2ClN2O2/c1-10-6-14(20)15(21)8-16(10)22-18(25)11-7-17(24)23(9-11)13-4-2-12(19)3-5-13/h2-6,8,11H,7,9H2,1H3,(H,22,25)/t11-/m0/s1. The second-order valence-corrected chi connectivity index (χ2v) is 8.13. The number of nitrogens with one attached hydrogen (secondary N) is 1. The highest BCUT2D eigenvalue weighted by atomic mass is 79.9. The minimum absolute atomic E-state index is 0.0481. The molecule has 7 heteroatoms. The minimum atomic E-state index is -0.391. The SMILES string of the molecule is Cc1cc(Br)c(Cl)cc1NC(=O)[C@H]1CC(=O)N(c2ccc(Br)cc2)C1. The lowest BCUT2D eigenvalue weighted by molar-refractivity contribution is -0.122. The summed E-state index contributed by atoms with van der Waals surface area (Å²) in [6.45, 7) is 2.26. The van der Waals surface area contributed by atoms with Crippen molar-refractivity contribution in [1.29, 1.82) is 0 Å². The zero-order valence-corrected chi connectivity index (χ0v) is 17.3. The van der Waals surface area contributed by atoms with Gasteiger partial charge in [0.1, 0.15) is 0 Å². The third-order valence-corrected chi connectivity index (χ3v) is 5.89. The lowest BCUT2D eigenvalue weighted by Crippen LogP contribution is -2.28. The number of anilines is 2. The average Bonchev–Trinajstić information content (AvgIpc) is 2.95. The van der Waals surface area contributed by atoms with Gasteiger partial charge in [-0.3, -0.25) is 9.59 Å². The van der Waals surface area contributed by atoms with Crippen molar-refractivity contribution in [3.05, 3.63) is 55.9 Å². The zero-order valence-electron chi connectivity index (χ0n) is 13.4. The van der Waals surface area contributed by atoms with Crippen molar-refractivity contribution in [2.24, 2.45) is 5.92 Å². The van der Waals surface area contributed by atoms with Gasteiger partial charge in [0.15, 0.2) is 0 Å². The van der Waals surface area contributed by atoms with Crippen LogP contribution in [0.2, 0.25) is 5.02 Å². The molecule has 4 nitrogen and oxygen atoms in total. The van der Waals surface area contributed by atoms with E-state index in [1.54, 1.807) is 11.0 Å². The molecule has 2 aromatic carbocycles. The molecule has 2 aromatic rings. The number of halogens is 3. The van der Waals surface area contributed by atoms with E-state index in [9.17, 15) is 9.59 Å².